The van der Waals surface area contributed by atoms with Crippen molar-refractivity contribution in [3.05, 3.63) is 89.7 Å². The van der Waals surface area contributed by atoms with E-state index in [9.17, 15) is 18.0 Å². The maximum Gasteiger partial charge on any atom is 0.416 e. The second-order valence-electron chi connectivity index (χ2n) is 9.45. The molecular formula is C29H26F3N5O4S. The van der Waals surface area contributed by atoms with Crippen LogP contribution in [0.5, 0.6) is 0 Å². The average molecular weight is 598 g/mol. The van der Waals surface area contributed by atoms with Crippen LogP contribution in [-0.2, 0) is 26.7 Å². The van der Waals surface area contributed by atoms with Crippen LogP contribution in [0.15, 0.2) is 78.1 Å². The van der Waals surface area contributed by atoms with Gasteiger partial charge in [-0.3, -0.25) is 0 Å². The minimum absolute atomic E-state index is 0.0547. The first-order chi connectivity index (χ1) is 20.3. The number of rotatable bonds is 8. The molecule has 1 aliphatic rings. The zero-order valence-electron chi connectivity index (χ0n) is 22.5. The fourth-order valence-corrected chi connectivity index (χ4v) is 4.99. The number of likely N-dealkylation sites (tertiary alicyclic amines) is 1. The summed E-state index contributed by atoms with van der Waals surface area (Å²) in [5.41, 5.74) is 2.15. The van der Waals surface area contributed by atoms with Gasteiger partial charge in [-0.1, -0.05) is 42.5 Å². The fraction of sp³-hybridized carbons (Fsp3) is 0.276. The van der Waals surface area contributed by atoms with Crippen LogP contribution < -0.4 is 0 Å². The Labute approximate surface area is 244 Å². The third-order valence-electron chi connectivity index (χ3n) is 6.74. The number of amides is 1. The number of piperidine rings is 1. The maximum atomic E-state index is 13.6. The molecule has 0 unspecified atom stereocenters. The quantitative estimate of drug-likeness (QED) is 0.0948. The third kappa shape index (κ3) is 7.22. The molecule has 0 aliphatic carbocycles. The van der Waals surface area contributed by atoms with Gasteiger partial charge in [0.2, 0.25) is 5.16 Å². The molecule has 0 bridgehead atoms. The minimum Gasteiger partial charge on any atom is -0.445 e. The van der Waals surface area contributed by atoms with Crippen molar-refractivity contribution in [2.75, 3.05) is 20.2 Å². The molecule has 3 heterocycles. The summed E-state index contributed by atoms with van der Waals surface area (Å²) in [7, 11) is 1.34. The number of carbonyl (C=O) groups is 1. The lowest BCUT2D eigenvalue weighted by molar-refractivity contribution is -0.160. The van der Waals surface area contributed by atoms with Crippen LogP contribution in [0.2, 0.25) is 0 Å². The van der Waals surface area contributed by atoms with Crippen LogP contribution in [0.4, 0.5) is 18.0 Å². The first-order valence-corrected chi connectivity index (χ1v) is 13.8. The van der Waals surface area contributed by atoms with E-state index in [0.717, 1.165) is 29.7 Å². The van der Waals surface area contributed by atoms with E-state index in [1.807, 2.05) is 30.3 Å². The maximum absolute atomic E-state index is 13.6. The number of nitrogens with zero attached hydrogens (tertiary/aromatic N) is 5. The Morgan fingerprint density at radius 2 is 1.81 bits per heavy atom. The van der Waals surface area contributed by atoms with Gasteiger partial charge in [0.1, 0.15) is 24.3 Å². The molecule has 0 N–H and O–H groups in total. The van der Waals surface area contributed by atoms with E-state index in [1.54, 1.807) is 23.1 Å². The molecule has 1 saturated heterocycles. The van der Waals surface area contributed by atoms with Crippen LogP contribution in [0, 0.1) is 0 Å². The van der Waals surface area contributed by atoms with Crippen LogP contribution in [0.3, 0.4) is 0 Å². The van der Waals surface area contributed by atoms with Crippen LogP contribution in [0.1, 0.15) is 35.6 Å². The summed E-state index contributed by atoms with van der Waals surface area (Å²) in [6.45, 7) is 1.09. The Kier molecular flexibility index (Phi) is 9.30. The second kappa shape index (κ2) is 13.3. The highest BCUT2D eigenvalue weighted by atomic mass is 32.2. The highest BCUT2D eigenvalue weighted by Gasteiger charge is 2.31. The lowest BCUT2D eigenvalue weighted by Crippen LogP contribution is -2.38. The zero-order valence-corrected chi connectivity index (χ0v) is 23.3. The molecule has 5 rings (SSSR count). The van der Waals surface area contributed by atoms with Crippen molar-refractivity contribution in [2.45, 2.75) is 36.7 Å². The van der Waals surface area contributed by atoms with E-state index in [2.05, 4.69) is 25.1 Å². The number of hydrogen-bond acceptors (Lipinski definition) is 9. The lowest BCUT2D eigenvalue weighted by Gasteiger charge is -2.31. The molecule has 0 saturated carbocycles. The molecule has 0 radical (unpaired) electrons. The summed E-state index contributed by atoms with van der Waals surface area (Å²) in [6, 6.07) is 17.8. The molecule has 2 aromatic heterocycles. The molecule has 1 amide bonds. The molecular weight excluding hydrogens is 571 g/mol. The minimum atomic E-state index is -4.52. The first kappa shape index (κ1) is 29.4. The Balaban J connectivity index is 1.39. The van der Waals surface area contributed by atoms with E-state index in [1.165, 1.54) is 19.4 Å². The van der Waals surface area contributed by atoms with Gasteiger partial charge in [0.25, 0.3) is 0 Å². The monoisotopic (exact) mass is 597 g/mol. The van der Waals surface area contributed by atoms with E-state index in [-0.39, 0.29) is 17.7 Å². The summed E-state index contributed by atoms with van der Waals surface area (Å²) in [5, 5.41) is 9.09. The fourth-order valence-electron chi connectivity index (χ4n) is 4.62. The number of aromatic nitrogens is 4. The van der Waals surface area contributed by atoms with Crippen molar-refractivity contribution in [1.29, 1.82) is 0 Å². The predicted octanol–water partition coefficient (Wildman–Crippen LogP) is 6.72. The highest BCUT2D eigenvalue weighted by molar-refractivity contribution is 7.94. The normalized spacial score (nSPS) is 14.1. The smallest absolute Gasteiger partial charge is 0.416 e. The average Bonchev–Trinajstić information content (AvgIpc) is 3.03. The van der Waals surface area contributed by atoms with Gasteiger partial charge in [0.05, 0.1) is 24.1 Å². The van der Waals surface area contributed by atoms with Gasteiger partial charge in [0.15, 0.2) is 0 Å². The molecule has 2 aromatic carbocycles. The van der Waals surface area contributed by atoms with Crippen LogP contribution in [0.25, 0.3) is 22.5 Å². The first-order valence-electron chi connectivity index (χ1n) is 13.0. The van der Waals surface area contributed by atoms with Gasteiger partial charge in [-0.2, -0.15) is 22.6 Å². The number of benzene rings is 2. The zero-order chi connectivity index (χ0) is 29.5. The largest absolute Gasteiger partial charge is 0.445 e. The van der Waals surface area contributed by atoms with Gasteiger partial charge in [-0.15, -0.1) is 5.10 Å². The van der Waals surface area contributed by atoms with Crippen molar-refractivity contribution in [1.82, 2.24) is 25.1 Å². The number of carbonyl (C=O) groups excluding carboxylic acids is 1. The summed E-state index contributed by atoms with van der Waals surface area (Å²) < 4.78 is 51.0. The Morgan fingerprint density at radius 1 is 1.02 bits per heavy atom. The summed E-state index contributed by atoms with van der Waals surface area (Å²) >= 11 is 0.783. The third-order valence-corrected chi connectivity index (χ3v) is 7.29. The molecule has 4 aromatic rings. The highest BCUT2D eigenvalue weighted by Crippen LogP contribution is 2.37. The SMILES string of the molecule is COOSc1nccc(-c2nnc(C3CCN(C(=O)OCc4ccccc4)CC3)cc2-c2cccc(C(F)(F)F)c2)n1. The van der Waals surface area contributed by atoms with E-state index >= 15 is 0 Å². The summed E-state index contributed by atoms with van der Waals surface area (Å²) in [5.74, 6) is -0.0547. The topological polar surface area (TPSA) is 99.6 Å². The molecule has 13 heteroatoms. The van der Waals surface area contributed by atoms with Crippen molar-refractivity contribution >= 4 is 18.1 Å². The molecule has 0 atom stereocenters. The molecule has 0 spiro atoms. The molecule has 9 nitrogen and oxygen atoms in total. The number of hydrogen-bond donors (Lipinski definition) is 0. The van der Waals surface area contributed by atoms with Gasteiger partial charge in [-0.05, 0) is 48.2 Å². The van der Waals surface area contributed by atoms with Gasteiger partial charge in [0, 0.05) is 30.8 Å². The van der Waals surface area contributed by atoms with Gasteiger partial charge < -0.3 is 9.64 Å². The van der Waals surface area contributed by atoms with E-state index in [0.29, 0.717) is 54.1 Å². The summed E-state index contributed by atoms with van der Waals surface area (Å²) in [6.07, 6.45) is -2.23. The molecule has 218 valence electrons. The van der Waals surface area contributed by atoms with Crippen molar-refractivity contribution in [3.8, 4) is 22.5 Å². The number of alkyl halides is 3. The Morgan fingerprint density at radius 3 is 2.55 bits per heavy atom. The van der Waals surface area contributed by atoms with Crippen LogP contribution in [-0.4, -0.2) is 51.4 Å². The second-order valence-corrected chi connectivity index (χ2v) is 10.1. The van der Waals surface area contributed by atoms with E-state index in [4.69, 9.17) is 9.07 Å². The van der Waals surface area contributed by atoms with Gasteiger partial charge in [-0.25, -0.2) is 19.7 Å². The van der Waals surface area contributed by atoms with Crippen LogP contribution >= 0.6 is 12.0 Å². The Hall–Kier alpha value is -4.07. The molecule has 42 heavy (non-hydrogen) atoms. The Bertz CT molecular complexity index is 1520. The van der Waals surface area contributed by atoms with E-state index < -0.39 is 17.8 Å². The van der Waals surface area contributed by atoms with Crippen molar-refractivity contribution in [3.63, 3.8) is 0 Å². The van der Waals surface area contributed by atoms with Crippen molar-refractivity contribution in [2.24, 2.45) is 0 Å². The van der Waals surface area contributed by atoms with Gasteiger partial charge >= 0.3 is 12.3 Å². The van der Waals surface area contributed by atoms with Crippen molar-refractivity contribution < 1.29 is 31.9 Å². The number of halogens is 3. The molecule has 1 fully saturated rings. The predicted molar refractivity (Wildman–Crippen MR) is 148 cm³/mol. The summed E-state index contributed by atoms with van der Waals surface area (Å²) in [4.78, 5) is 27.4. The number of ether oxygens (including phenoxy) is 1. The standard InChI is InChI=1S/C29H26F3N5O4S/c1-39-41-42-27-33-13-10-24(34-27)26-23(21-8-5-9-22(16-21)29(30,31)32)17-25(35-36-26)20-11-14-37(15-12-20)28(38)40-18-19-6-3-2-4-7-19/h2-10,13,16-17,20H,11-12,14-15,18H2,1H3. The molecule has 1 aliphatic heterocycles. The lowest BCUT2D eigenvalue weighted by atomic mass is 9.91.